The van der Waals surface area contributed by atoms with Gasteiger partial charge in [0.2, 0.25) is 0 Å². The number of urea groups is 1. The molecule has 0 aliphatic heterocycles. The summed E-state index contributed by atoms with van der Waals surface area (Å²) < 4.78 is 5.11. The molecule has 7 nitrogen and oxygen atoms in total. The lowest BCUT2D eigenvalue weighted by molar-refractivity contribution is -0.146. The van der Waals surface area contributed by atoms with Crippen LogP contribution in [0.2, 0.25) is 0 Å². The van der Waals surface area contributed by atoms with Crippen LogP contribution in [0.15, 0.2) is 24.3 Å². The summed E-state index contributed by atoms with van der Waals surface area (Å²) in [4.78, 5) is 21.8. The number of ether oxygens (including phenoxy) is 1. The molecule has 7 heteroatoms. The van der Waals surface area contributed by atoms with Crippen LogP contribution in [0.1, 0.15) is 12.0 Å². The highest BCUT2D eigenvalue weighted by molar-refractivity contribution is 5.74. The molecular weight excluding hydrogens is 276 g/mol. The molecule has 0 saturated heterocycles. The fourth-order valence-corrected chi connectivity index (χ4v) is 1.66. The predicted molar refractivity (Wildman–Crippen MR) is 76.4 cm³/mol. The molecule has 0 heterocycles. The van der Waals surface area contributed by atoms with Gasteiger partial charge in [-0.3, -0.25) is 0 Å². The van der Waals surface area contributed by atoms with Gasteiger partial charge in [-0.1, -0.05) is 12.1 Å². The number of hydrogen-bond acceptors (Lipinski definition) is 4. The van der Waals surface area contributed by atoms with E-state index >= 15 is 0 Å². The molecule has 21 heavy (non-hydrogen) atoms. The van der Waals surface area contributed by atoms with Crippen molar-refractivity contribution in [2.75, 3.05) is 20.2 Å². The van der Waals surface area contributed by atoms with E-state index in [1.807, 2.05) is 24.3 Å². The van der Waals surface area contributed by atoms with Crippen molar-refractivity contribution in [3.8, 4) is 5.75 Å². The van der Waals surface area contributed by atoms with Crippen molar-refractivity contribution in [3.63, 3.8) is 0 Å². The maximum absolute atomic E-state index is 11.4. The molecule has 1 aromatic carbocycles. The van der Waals surface area contributed by atoms with Gasteiger partial charge in [-0.2, -0.15) is 0 Å². The van der Waals surface area contributed by atoms with Gasteiger partial charge in [-0.05, 0) is 24.1 Å². The molecule has 1 unspecified atom stereocenters. The molecule has 0 bridgehead atoms. The molecule has 0 aliphatic rings. The standard InChI is InChI=1S/C14H20N2O5/c1-21-11-4-2-3-10(9-11)5-7-15-14(20)16-8-6-12(17)13(18)19/h2-4,9,12,17H,5-8H2,1H3,(H,18,19)(H2,15,16,20). The largest absolute Gasteiger partial charge is 0.497 e. The monoisotopic (exact) mass is 296 g/mol. The molecule has 4 N–H and O–H groups in total. The number of amides is 2. The van der Waals surface area contributed by atoms with Crippen molar-refractivity contribution in [1.29, 1.82) is 0 Å². The van der Waals surface area contributed by atoms with Gasteiger partial charge in [0.25, 0.3) is 0 Å². The highest BCUT2D eigenvalue weighted by Gasteiger charge is 2.12. The molecule has 116 valence electrons. The van der Waals surface area contributed by atoms with Gasteiger partial charge in [0.1, 0.15) is 5.75 Å². The smallest absolute Gasteiger partial charge is 0.332 e. The number of carbonyl (C=O) groups excluding carboxylic acids is 1. The number of benzene rings is 1. The average molecular weight is 296 g/mol. The van der Waals surface area contributed by atoms with E-state index in [2.05, 4.69) is 10.6 Å². The second kappa shape index (κ2) is 8.80. The second-order valence-electron chi connectivity index (χ2n) is 4.43. The molecule has 0 aliphatic carbocycles. The summed E-state index contributed by atoms with van der Waals surface area (Å²) in [6.07, 6.45) is -0.830. The average Bonchev–Trinajstić information content (AvgIpc) is 2.47. The normalized spacial score (nSPS) is 11.5. The summed E-state index contributed by atoms with van der Waals surface area (Å²) in [5.41, 5.74) is 1.04. The van der Waals surface area contributed by atoms with Crippen LogP contribution in [0.3, 0.4) is 0 Å². The molecule has 1 atom stereocenters. The third-order valence-corrected chi connectivity index (χ3v) is 2.82. The van der Waals surface area contributed by atoms with Gasteiger partial charge >= 0.3 is 12.0 Å². The van der Waals surface area contributed by atoms with Crippen molar-refractivity contribution in [2.45, 2.75) is 18.9 Å². The quantitative estimate of drug-likeness (QED) is 0.554. The third kappa shape index (κ3) is 6.62. The van der Waals surface area contributed by atoms with Crippen LogP contribution < -0.4 is 15.4 Å². The fourth-order valence-electron chi connectivity index (χ4n) is 1.66. The van der Waals surface area contributed by atoms with Crippen LogP contribution in [0.4, 0.5) is 4.79 Å². The lowest BCUT2D eigenvalue weighted by Crippen LogP contribution is -2.38. The Bertz CT molecular complexity index is 478. The topological polar surface area (TPSA) is 108 Å². The van der Waals surface area contributed by atoms with E-state index in [0.717, 1.165) is 11.3 Å². The van der Waals surface area contributed by atoms with Gasteiger partial charge in [0.15, 0.2) is 6.10 Å². The van der Waals surface area contributed by atoms with Gasteiger partial charge in [-0.25, -0.2) is 9.59 Å². The Kier molecular flexibility index (Phi) is 7.03. The maximum atomic E-state index is 11.4. The zero-order valence-corrected chi connectivity index (χ0v) is 11.8. The first-order valence-corrected chi connectivity index (χ1v) is 6.58. The molecule has 2 amide bonds. The van der Waals surface area contributed by atoms with Crippen molar-refractivity contribution in [1.82, 2.24) is 10.6 Å². The Hall–Kier alpha value is -2.28. The Balaban J connectivity index is 2.19. The van der Waals surface area contributed by atoms with Crippen LogP contribution in [0, 0.1) is 0 Å². The van der Waals surface area contributed by atoms with E-state index in [1.165, 1.54) is 0 Å². The first kappa shape index (κ1) is 16.8. The Morgan fingerprint density at radius 2 is 2.00 bits per heavy atom. The SMILES string of the molecule is COc1cccc(CCNC(=O)NCCC(O)C(=O)O)c1. The van der Waals surface area contributed by atoms with Crippen LogP contribution in [-0.4, -0.2) is 48.5 Å². The highest BCUT2D eigenvalue weighted by Crippen LogP contribution is 2.12. The van der Waals surface area contributed by atoms with Gasteiger partial charge in [0.05, 0.1) is 7.11 Å². The molecule has 0 aromatic heterocycles. The molecule has 1 rings (SSSR count). The number of methoxy groups -OCH3 is 1. The Labute approximate surface area is 122 Å². The maximum Gasteiger partial charge on any atom is 0.332 e. The van der Waals surface area contributed by atoms with Crippen molar-refractivity contribution in [2.24, 2.45) is 0 Å². The number of rotatable bonds is 8. The molecule has 1 aromatic rings. The number of nitrogens with one attached hydrogen (secondary N) is 2. The highest BCUT2D eigenvalue weighted by atomic mass is 16.5. The minimum atomic E-state index is -1.46. The number of aliphatic hydroxyl groups excluding tert-OH is 1. The summed E-state index contributed by atoms with van der Waals surface area (Å²) in [7, 11) is 1.59. The lowest BCUT2D eigenvalue weighted by Gasteiger charge is -2.09. The first-order chi connectivity index (χ1) is 10.0. The Morgan fingerprint density at radius 3 is 2.67 bits per heavy atom. The Morgan fingerprint density at radius 1 is 1.29 bits per heavy atom. The van der Waals surface area contributed by atoms with Gasteiger partial charge in [0, 0.05) is 19.5 Å². The molecule has 0 fully saturated rings. The molecular formula is C14H20N2O5. The number of hydrogen-bond donors (Lipinski definition) is 4. The predicted octanol–water partition coefficient (Wildman–Crippen LogP) is 0.372. The number of carbonyl (C=O) groups is 2. The van der Waals surface area contributed by atoms with Crippen LogP contribution in [0.25, 0.3) is 0 Å². The van der Waals surface area contributed by atoms with E-state index in [4.69, 9.17) is 14.9 Å². The summed E-state index contributed by atoms with van der Waals surface area (Å²) in [6.45, 7) is 0.541. The van der Waals surface area contributed by atoms with Crippen LogP contribution >= 0.6 is 0 Å². The zero-order chi connectivity index (χ0) is 15.7. The minimum Gasteiger partial charge on any atom is -0.497 e. The van der Waals surface area contributed by atoms with Crippen molar-refractivity contribution < 1.29 is 24.5 Å². The van der Waals surface area contributed by atoms with Crippen LogP contribution in [-0.2, 0) is 11.2 Å². The molecule has 0 spiro atoms. The lowest BCUT2D eigenvalue weighted by atomic mass is 10.1. The number of aliphatic carboxylic acids is 1. The molecule has 0 radical (unpaired) electrons. The van der Waals surface area contributed by atoms with Crippen LogP contribution in [0.5, 0.6) is 5.75 Å². The van der Waals surface area contributed by atoms with E-state index < -0.39 is 18.1 Å². The van der Waals surface area contributed by atoms with E-state index in [0.29, 0.717) is 13.0 Å². The minimum absolute atomic E-state index is 0.0291. The number of carboxylic acids is 1. The second-order valence-corrected chi connectivity index (χ2v) is 4.43. The summed E-state index contributed by atoms with van der Waals surface area (Å²) in [5, 5.41) is 22.6. The van der Waals surface area contributed by atoms with E-state index in [1.54, 1.807) is 7.11 Å². The van der Waals surface area contributed by atoms with Crippen molar-refractivity contribution >= 4 is 12.0 Å². The van der Waals surface area contributed by atoms with Gasteiger partial charge in [-0.15, -0.1) is 0 Å². The molecule has 0 saturated carbocycles. The summed E-state index contributed by atoms with van der Waals surface area (Å²) >= 11 is 0. The van der Waals surface area contributed by atoms with E-state index in [-0.39, 0.29) is 13.0 Å². The summed E-state index contributed by atoms with van der Waals surface area (Å²) in [5.74, 6) is -0.533. The summed E-state index contributed by atoms with van der Waals surface area (Å²) in [6, 6.07) is 7.16. The fraction of sp³-hybridized carbons (Fsp3) is 0.429. The number of carboxylic acid groups (broad SMARTS) is 1. The number of aliphatic hydroxyl groups is 1. The van der Waals surface area contributed by atoms with Crippen molar-refractivity contribution in [3.05, 3.63) is 29.8 Å². The zero-order valence-electron chi connectivity index (χ0n) is 11.8. The third-order valence-electron chi connectivity index (χ3n) is 2.82. The van der Waals surface area contributed by atoms with Gasteiger partial charge < -0.3 is 25.6 Å². The van der Waals surface area contributed by atoms with E-state index in [9.17, 15) is 9.59 Å². The first-order valence-electron chi connectivity index (χ1n) is 6.58.